The lowest BCUT2D eigenvalue weighted by molar-refractivity contribution is -0.274. The summed E-state index contributed by atoms with van der Waals surface area (Å²) in [5.74, 6) is -1.08. The molecule has 0 heterocycles. The molecule has 0 atom stereocenters. The number of anilines is 1. The quantitative estimate of drug-likeness (QED) is 0.662. The molecular formula is C13H9F4NO. The smallest absolute Gasteiger partial charge is 0.406 e. The first-order chi connectivity index (χ1) is 8.87. The summed E-state index contributed by atoms with van der Waals surface area (Å²) in [6.45, 7) is 0. The zero-order chi connectivity index (χ0) is 14.0. The number of ether oxygens (including phenoxy) is 1. The Bertz CT molecular complexity index is 595. The molecule has 100 valence electrons. The van der Waals surface area contributed by atoms with Crippen molar-refractivity contribution in [2.45, 2.75) is 6.36 Å². The third kappa shape index (κ3) is 3.15. The van der Waals surface area contributed by atoms with E-state index >= 15 is 0 Å². The van der Waals surface area contributed by atoms with Gasteiger partial charge < -0.3 is 10.5 Å². The van der Waals surface area contributed by atoms with Gasteiger partial charge in [-0.1, -0.05) is 24.3 Å². The number of nitrogens with two attached hydrogens (primary N) is 1. The van der Waals surface area contributed by atoms with Crippen LogP contribution < -0.4 is 10.5 Å². The van der Waals surface area contributed by atoms with Crippen molar-refractivity contribution >= 4 is 5.69 Å². The zero-order valence-corrected chi connectivity index (χ0v) is 9.54. The summed E-state index contributed by atoms with van der Waals surface area (Å²) in [7, 11) is 0. The lowest BCUT2D eigenvalue weighted by Gasteiger charge is -2.11. The molecule has 0 spiro atoms. The first-order valence-electron chi connectivity index (χ1n) is 5.27. The van der Waals surface area contributed by atoms with Gasteiger partial charge in [-0.25, -0.2) is 4.39 Å². The van der Waals surface area contributed by atoms with Crippen LogP contribution in [-0.4, -0.2) is 6.36 Å². The van der Waals surface area contributed by atoms with Gasteiger partial charge in [0.05, 0.1) is 5.69 Å². The number of benzene rings is 2. The summed E-state index contributed by atoms with van der Waals surface area (Å²) in [5, 5.41) is 0. The second-order valence-electron chi connectivity index (χ2n) is 3.78. The highest BCUT2D eigenvalue weighted by Gasteiger charge is 2.31. The van der Waals surface area contributed by atoms with Gasteiger partial charge in [0.1, 0.15) is 5.75 Å². The Morgan fingerprint density at radius 2 is 1.68 bits per heavy atom. The Morgan fingerprint density at radius 1 is 1.00 bits per heavy atom. The molecule has 0 aliphatic heterocycles. The Labute approximate surface area is 106 Å². The molecule has 0 aromatic heterocycles. The molecule has 0 amide bonds. The van der Waals surface area contributed by atoms with Crippen LogP contribution in [0.3, 0.4) is 0 Å². The van der Waals surface area contributed by atoms with E-state index in [0.29, 0.717) is 0 Å². The van der Waals surface area contributed by atoms with Crippen molar-refractivity contribution in [2.75, 3.05) is 5.73 Å². The van der Waals surface area contributed by atoms with Gasteiger partial charge in [0.25, 0.3) is 0 Å². The number of hydrogen-bond acceptors (Lipinski definition) is 2. The molecular weight excluding hydrogens is 262 g/mol. The third-order valence-electron chi connectivity index (χ3n) is 2.41. The van der Waals surface area contributed by atoms with E-state index in [0.717, 1.165) is 12.1 Å². The maximum atomic E-state index is 13.8. The van der Waals surface area contributed by atoms with Crippen LogP contribution in [-0.2, 0) is 0 Å². The molecule has 2 N–H and O–H groups in total. The fourth-order valence-corrected chi connectivity index (χ4v) is 1.63. The van der Waals surface area contributed by atoms with E-state index in [4.69, 9.17) is 5.73 Å². The fraction of sp³-hybridized carbons (Fsp3) is 0.0769. The van der Waals surface area contributed by atoms with Gasteiger partial charge >= 0.3 is 6.36 Å². The van der Waals surface area contributed by atoms with Crippen molar-refractivity contribution in [2.24, 2.45) is 0 Å². The SMILES string of the molecule is Nc1cccc(-c2cccc(OC(F)(F)F)c2)c1F. The Hall–Kier alpha value is -2.24. The van der Waals surface area contributed by atoms with Gasteiger partial charge in [0, 0.05) is 5.56 Å². The summed E-state index contributed by atoms with van der Waals surface area (Å²) in [6.07, 6.45) is -4.78. The number of halogens is 4. The second kappa shape index (κ2) is 4.79. The minimum Gasteiger partial charge on any atom is -0.406 e. The first kappa shape index (κ1) is 13.2. The standard InChI is InChI=1S/C13H9F4NO/c14-12-10(5-2-6-11(12)18)8-3-1-4-9(7-8)19-13(15,16)17/h1-7H,18H2. The van der Waals surface area contributed by atoms with E-state index < -0.39 is 17.9 Å². The summed E-state index contributed by atoms with van der Waals surface area (Å²) in [4.78, 5) is 0. The summed E-state index contributed by atoms with van der Waals surface area (Å²) >= 11 is 0. The van der Waals surface area contributed by atoms with Gasteiger partial charge in [0.15, 0.2) is 5.82 Å². The van der Waals surface area contributed by atoms with Crippen molar-refractivity contribution in [1.82, 2.24) is 0 Å². The molecule has 6 heteroatoms. The molecule has 2 nitrogen and oxygen atoms in total. The number of nitrogen functional groups attached to an aromatic ring is 1. The van der Waals surface area contributed by atoms with Crippen LogP contribution in [0.4, 0.5) is 23.2 Å². The predicted molar refractivity (Wildman–Crippen MR) is 62.9 cm³/mol. The first-order valence-corrected chi connectivity index (χ1v) is 5.27. The molecule has 0 aliphatic rings. The van der Waals surface area contributed by atoms with Crippen molar-refractivity contribution < 1.29 is 22.3 Å². The zero-order valence-electron chi connectivity index (χ0n) is 9.54. The van der Waals surface area contributed by atoms with E-state index in [2.05, 4.69) is 4.74 Å². The molecule has 0 fully saturated rings. The average Bonchev–Trinajstić information content (AvgIpc) is 2.31. The lowest BCUT2D eigenvalue weighted by atomic mass is 10.0. The van der Waals surface area contributed by atoms with Crippen molar-refractivity contribution in [3.63, 3.8) is 0 Å². The van der Waals surface area contributed by atoms with Crippen molar-refractivity contribution in [1.29, 1.82) is 0 Å². The largest absolute Gasteiger partial charge is 0.573 e. The summed E-state index contributed by atoms with van der Waals surface area (Å²) < 4.78 is 53.9. The van der Waals surface area contributed by atoms with Crippen LogP contribution >= 0.6 is 0 Å². The normalized spacial score (nSPS) is 11.4. The van der Waals surface area contributed by atoms with E-state index in [1.54, 1.807) is 0 Å². The average molecular weight is 271 g/mol. The number of rotatable bonds is 2. The van der Waals surface area contributed by atoms with E-state index in [1.807, 2.05) is 0 Å². The molecule has 2 rings (SSSR count). The van der Waals surface area contributed by atoms with E-state index in [-0.39, 0.29) is 16.8 Å². The molecule has 19 heavy (non-hydrogen) atoms. The van der Waals surface area contributed by atoms with Crippen LogP contribution in [0, 0.1) is 5.82 Å². The third-order valence-corrected chi connectivity index (χ3v) is 2.41. The molecule has 2 aromatic carbocycles. The van der Waals surface area contributed by atoms with Crippen LogP contribution in [0.1, 0.15) is 0 Å². The van der Waals surface area contributed by atoms with Crippen molar-refractivity contribution in [3.8, 4) is 16.9 Å². The van der Waals surface area contributed by atoms with Crippen LogP contribution in [0.25, 0.3) is 11.1 Å². The Balaban J connectivity index is 2.41. The molecule has 0 saturated carbocycles. The van der Waals surface area contributed by atoms with Crippen LogP contribution in [0.15, 0.2) is 42.5 Å². The Morgan fingerprint density at radius 3 is 2.37 bits per heavy atom. The molecule has 0 radical (unpaired) electrons. The predicted octanol–water partition coefficient (Wildman–Crippen LogP) is 3.97. The van der Waals surface area contributed by atoms with Gasteiger partial charge in [-0.15, -0.1) is 13.2 Å². The van der Waals surface area contributed by atoms with Gasteiger partial charge in [0.2, 0.25) is 0 Å². The molecule has 0 aliphatic carbocycles. The summed E-state index contributed by atoms with van der Waals surface area (Å²) in [5.41, 5.74) is 5.72. The highest BCUT2D eigenvalue weighted by molar-refractivity contribution is 5.69. The fourth-order valence-electron chi connectivity index (χ4n) is 1.63. The van der Waals surface area contributed by atoms with Crippen LogP contribution in [0.5, 0.6) is 5.75 Å². The maximum absolute atomic E-state index is 13.8. The highest BCUT2D eigenvalue weighted by atomic mass is 19.4. The van der Waals surface area contributed by atoms with Gasteiger partial charge in [-0.3, -0.25) is 0 Å². The summed E-state index contributed by atoms with van der Waals surface area (Å²) in [6, 6.07) is 9.38. The highest BCUT2D eigenvalue weighted by Crippen LogP contribution is 2.30. The molecule has 0 unspecified atom stereocenters. The molecule has 0 bridgehead atoms. The van der Waals surface area contributed by atoms with E-state index in [9.17, 15) is 17.6 Å². The topological polar surface area (TPSA) is 35.2 Å². The Kier molecular flexibility index (Phi) is 3.33. The monoisotopic (exact) mass is 271 g/mol. The van der Waals surface area contributed by atoms with Gasteiger partial charge in [-0.05, 0) is 23.8 Å². The van der Waals surface area contributed by atoms with Crippen LogP contribution in [0.2, 0.25) is 0 Å². The minimum atomic E-state index is -4.78. The molecule has 2 aromatic rings. The number of alkyl halides is 3. The second-order valence-corrected chi connectivity index (χ2v) is 3.78. The lowest BCUT2D eigenvalue weighted by Crippen LogP contribution is -2.17. The maximum Gasteiger partial charge on any atom is 0.573 e. The van der Waals surface area contributed by atoms with Crippen molar-refractivity contribution in [3.05, 3.63) is 48.3 Å². The van der Waals surface area contributed by atoms with E-state index in [1.165, 1.54) is 30.3 Å². The number of hydrogen-bond donors (Lipinski definition) is 1. The van der Waals surface area contributed by atoms with Gasteiger partial charge in [-0.2, -0.15) is 0 Å². The minimum absolute atomic E-state index is 0.0698. The molecule has 0 saturated heterocycles.